The number of hydrogen-bond acceptors (Lipinski definition) is 4. The van der Waals surface area contributed by atoms with Gasteiger partial charge < -0.3 is 15.4 Å². The van der Waals surface area contributed by atoms with E-state index < -0.39 is 6.23 Å². The zero-order chi connectivity index (χ0) is 23.7. The minimum absolute atomic E-state index is 0.00126. The SMILES string of the molecule is Nc1ccc(CCN2C(=O)CO[C@H]2c2cn(-c3ccc(Br)cc3)nc2-c2ccc(F)cc2)cc1. The van der Waals surface area contributed by atoms with E-state index >= 15 is 0 Å². The number of benzene rings is 3. The van der Waals surface area contributed by atoms with Crippen molar-refractivity contribution in [3.63, 3.8) is 0 Å². The van der Waals surface area contributed by atoms with Crippen LogP contribution in [-0.4, -0.2) is 33.7 Å². The van der Waals surface area contributed by atoms with E-state index in [0.717, 1.165) is 26.9 Å². The molecule has 1 aliphatic rings. The predicted molar refractivity (Wildman–Crippen MR) is 132 cm³/mol. The summed E-state index contributed by atoms with van der Waals surface area (Å²) in [6, 6.07) is 21.5. The van der Waals surface area contributed by atoms with Crippen molar-refractivity contribution in [3.8, 4) is 16.9 Å². The zero-order valence-corrected chi connectivity index (χ0v) is 19.8. The molecule has 5 rings (SSSR count). The van der Waals surface area contributed by atoms with Crippen molar-refractivity contribution in [2.75, 3.05) is 18.9 Å². The number of carbonyl (C=O) groups excluding carboxylic acids is 1. The Labute approximate surface area is 204 Å². The Kier molecular flexibility index (Phi) is 6.17. The van der Waals surface area contributed by atoms with Gasteiger partial charge in [-0.05, 0) is 72.6 Å². The van der Waals surface area contributed by atoms with E-state index in [0.29, 0.717) is 24.3 Å². The van der Waals surface area contributed by atoms with E-state index in [-0.39, 0.29) is 18.3 Å². The number of ether oxygens (including phenoxy) is 1. The number of amides is 1. The van der Waals surface area contributed by atoms with Gasteiger partial charge in [-0.3, -0.25) is 4.79 Å². The maximum Gasteiger partial charge on any atom is 0.250 e. The third-order valence-electron chi connectivity index (χ3n) is 5.81. The van der Waals surface area contributed by atoms with Gasteiger partial charge in [0.15, 0.2) is 6.23 Å². The molecule has 172 valence electrons. The van der Waals surface area contributed by atoms with Crippen LogP contribution in [0.15, 0.2) is 83.5 Å². The predicted octanol–water partition coefficient (Wildman–Crippen LogP) is 5.12. The topological polar surface area (TPSA) is 73.4 Å². The molecule has 1 aliphatic heterocycles. The molecule has 0 aliphatic carbocycles. The summed E-state index contributed by atoms with van der Waals surface area (Å²) in [6.45, 7) is 0.485. The van der Waals surface area contributed by atoms with E-state index in [1.165, 1.54) is 12.1 Å². The fourth-order valence-electron chi connectivity index (χ4n) is 4.01. The summed E-state index contributed by atoms with van der Waals surface area (Å²) in [5.74, 6) is -0.406. The van der Waals surface area contributed by atoms with Gasteiger partial charge in [0, 0.05) is 34.0 Å². The standard InChI is InChI=1S/C26H22BrFN4O2/c27-19-5-11-22(12-6-19)32-15-23(25(30-32)18-3-7-20(28)8-4-18)26-31(24(33)16-34-26)14-13-17-1-9-21(29)10-2-17/h1-12,15,26H,13-14,16,29H2/t26-/m0/s1. The molecule has 6 nitrogen and oxygen atoms in total. The first-order valence-corrected chi connectivity index (χ1v) is 11.6. The van der Waals surface area contributed by atoms with Crippen LogP contribution in [0.25, 0.3) is 16.9 Å². The lowest BCUT2D eigenvalue weighted by Gasteiger charge is -2.23. The number of hydrogen-bond donors (Lipinski definition) is 1. The van der Waals surface area contributed by atoms with Gasteiger partial charge in [-0.2, -0.15) is 5.10 Å². The fraction of sp³-hybridized carbons (Fsp3) is 0.154. The summed E-state index contributed by atoms with van der Waals surface area (Å²) in [5, 5.41) is 4.79. The Morgan fingerprint density at radius 2 is 1.74 bits per heavy atom. The second-order valence-corrected chi connectivity index (χ2v) is 9.02. The van der Waals surface area contributed by atoms with Gasteiger partial charge in [0.2, 0.25) is 0 Å². The van der Waals surface area contributed by atoms with Crippen LogP contribution in [0.1, 0.15) is 17.4 Å². The van der Waals surface area contributed by atoms with E-state index in [2.05, 4.69) is 15.9 Å². The molecule has 1 aromatic heterocycles. The molecular weight excluding hydrogens is 499 g/mol. The number of aromatic nitrogens is 2. The van der Waals surface area contributed by atoms with Crippen molar-refractivity contribution in [1.82, 2.24) is 14.7 Å². The smallest absolute Gasteiger partial charge is 0.250 e. The second-order valence-electron chi connectivity index (χ2n) is 8.10. The summed E-state index contributed by atoms with van der Waals surface area (Å²) in [4.78, 5) is 14.5. The van der Waals surface area contributed by atoms with Crippen LogP contribution in [0, 0.1) is 5.82 Å². The number of nitrogens with two attached hydrogens (primary N) is 1. The molecule has 1 atom stereocenters. The number of halogens is 2. The van der Waals surface area contributed by atoms with Crippen LogP contribution in [-0.2, 0) is 16.0 Å². The van der Waals surface area contributed by atoms with Crippen LogP contribution in [0.5, 0.6) is 0 Å². The second kappa shape index (κ2) is 9.40. The van der Waals surface area contributed by atoms with Gasteiger partial charge in [0.25, 0.3) is 5.91 Å². The highest BCUT2D eigenvalue weighted by molar-refractivity contribution is 9.10. The van der Waals surface area contributed by atoms with Crippen LogP contribution in [0.4, 0.5) is 10.1 Å². The Balaban J connectivity index is 1.50. The molecule has 34 heavy (non-hydrogen) atoms. The van der Waals surface area contributed by atoms with Crippen LogP contribution in [0.2, 0.25) is 0 Å². The van der Waals surface area contributed by atoms with Crippen molar-refractivity contribution in [2.45, 2.75) is 12.6 Å². The molecule has 3 aromatic carbocycles. The highest BCUT2D eigenvalue weighted by atomic mass is 79.9. The Hall–Kier alpha value is -3.49. The molecule has 4 aromatic rings. The Morgan fingerprint density at radius 1 is 1.03 bits per heavy atom. The van der Waals surface area contributed by atoms with Gasteiger partial charge in [0.05, 0.1) is 5.69 Å². The lowest BCUT2D eigenvalue weighted by atomic mass is 10.1. The van der Waals surface area contributed by atoms with Gasteiger partial charge in [-0.1, -0.05) is 28.1 Å². The number of anilines is 1. The quantitative estimate of drug-likeness (QED) is 0.358. The van der Waals surface area contributed by atoms with Crippen molar-refractivity contribution >= 4 is 27.5 Å². The number of carbonyl (C=O) groups is 1. The molecule has 0 bridgehead atoms. The number of nitrogen functional groups attached to an aromatic ring is 1. The number of rotatable bonds is 6. The molecule has 1 saturated heterocycles. The summed E-state index contributed by atoms with van der Waals surface area (Å²) in [7, 11) is 0. The molecule has 0 radical (unpaired) electrons. The minimum atomic E-state index is -0.592. The van der Waals surface area contributed by atoms with Gasteiger partial charge in [0.1, 0.15) is 18.1 Å². The molecule has 2 heterocycles. The molecule has 0 unspecified atom stereocenters. The normalized spacial score (nSPS) is 15.8. The third-order valence-corrected chi connectivity index (χ3v) is 6.34. The van der Waals surface area contributed by atoms with Crippen molar-refractivity contribution in [1.29, 1.82) is 0 Å². The summed E-state index contributed by atoms with van der Waals surface area (Å²) >= 11 is 3.45. The highest BCUT2D eigenvalue weighted by Crippen LogP contribution is 2.35. The Bertz CT molecular complexity index is 1300. The molecule has 8 heteroatoms. The van der Waals surface area contributed by atoms with Gasteiger partial charge in [-0.15, -0.1) is 0 Å². The van der Waals surface area contributed by atoms with Crippen molar-refractivity contribution < 1.29 is 13.9 Å². The summed E-state index contributed by atoms with van der Waals surface area (Å²) in [6.07, 6.45) is 1.95. The van der Waals surface area contributed by atoms with E-state index in [1.807, 2.05) is 54.7 Å². The lowest BCUT2D eigenvalue weighted by Crippen LogP contribution is -2.30. The summed E-state index contributed by atoms with van der Waals surface area (Å²) < 4.78 is 22.3. The molecule has 0 spiro atoms. The third kappa shape index (κ3) is 4.60. The van der Waals surface area contributed by atoms with Gasteiger partial charge >= 0.3 is 0 Å². The van der Waals surface area contributed by atoms with Gasteiger partial charge in [-0.25, -0.2) is 9.07 Å². The Morgan fingerprint density at radius 3 is 2.44 bits per heavy atom. The molecule has 1 fully saturated rings. The first-order valence-electron chi connectivity index (χ1n) is 10.8. The highest BCUT2D eigenvalue weighted by Gasteiger charge is 2.36. The maximum absolute atomic E-state index is 13.6. The molecule has 2 N–H and O–H groups in total. The van der Waals surface area contributed by atoms with Crippen LogP contribution < -0.4 is 5.73 Å². The largest absolute Gasteiger partial charge is 0.399 e. The van der Waals surface area contributed by atoms with E-state index in [4.69, 9.17) is 15.6 Å². The molecular formula is C26H22BrFN4O2. The van der Waals surface area contributed by atoms with E-state index in [9.17, 15) is 9.18 Å². The van der Waals surface area contributed by atoms with Crippen LogP contribution in [0.3, 0.4) is 0 Å². The average Bonchev–Trinajstić information content (AvgIpc) is 3.43. The summed E-state index contributed by atoms with van der Waals surface area (Å²) in [5.41, 5.74) is 10.6. The average molecular weight is 521 g/mol. The first-order chi connectivity index (χ1) is 16.5. The van der Waals surface area contributed by atoms with Crippen LogP contribution >= 0.6 is 15.9 Å². The molecule has 0 saturated carbocycles. The zero-order valence-electron chi connectivity index (χ0n) is 18.2. The fourth-order valence-corrected chi connectivity index (χ4v) is 4.28. The first kappa shape index (κ1) is 22.3. The molecule has 1 amide bonds. The van der Waals surface area contributed by atoms with E-state index in [1.54, 1.807) is 21.7 Å². The van der Waals surface area contributed by atoms with Crippen molar-refractivity contribution in [2.24, 2.45) is 0 Å². The lowest BCUT2D eigenvalue weighted by molar-refractivity contribution is -0.128. The minimum Gasteiger partial charge on any atom is -0.399 e. The number of nitrogens with zero attached hydrogens (tertiary/aromatic N) is 3. The monoisotopic (exact) mass is 520 g/mol. The maximum atomic E-state index is 13.6. The van der Waals surface area contributed by atoms with Crippen molar-refractivity contribution in [3.05, 3.63) is 100 Å².